The summed E-state index contributed by atoms with van der Waals surface area (Å²) in [5, 5.41) is 0. The highest BCUT2D eigenvalue weighted by Gasteiger charge is 2.28. The highest BCUT2D eigenvalue weighted by Crippen LogP contribution is 2.25. The van der Waals surface area contributed by atoms with Crippen molar-refractivity contribution in [2.75, 3.05) is 14.2 Å². The Labute approximate surface area is 165 Å². The predicted molar refractivity (Wildman–Crippen MR) is 95.4 cm³/mol. The van der Waals surface area contributed by atoms with Crippen LogP contribution < -0.4 is 9.47 Å². The lowest BCUT2D eigenvalue weighted by Crippen LogP contribution is -2.18. The van der Waals surface area contributed by atoms with Crippen molar-refractivity contribution < 1.29 is 49.7 Å². The quantitative estimate of drug-likeness (QED) is 0.371. The summed E-state index contributed by atoms with van der Waals surface area (Å²) in [6.45, 7) is 0. The normalized spacial score (nSPS) is 11.6. The molecule has 0 aromatic heterocycles. The Morgan fingerprint density at radius 3 is 1.34 bits per heavy atom. The zero-order valence-corrected chi connectivity index (χ0v) is 16.5. The molecule has 0 aliphatic carbocycles. The van der Waals surface area contributed by atoms with Gasteiger partial charge in [-0.05, 0) is 36.4 Å². The van der Waals surface area contributed by atoms with Crippen LogP contribution in [-0.4, -0.2) is 52.1 Å². The maximum Gasteiger partial charge on any atom is 0.347 e. The maximum absolute atomic E-state index is 12.4. The van der Waals surface area contributed by atoms with Gasteiger partial charge in [-0.2, -0.15) is 16.8 Å². The molecule has 2 N–H and O–H groups in total. The highest BCUT2D eigenvalue weighted by molar-refractivity contribution is 7.86. The standard InChI is InChI=1S/C16H14O11S2/c1-25-9-3-5-13(28(19,20)21)11(7-9)15(17)27-16(18)12-8-10(26-2)4-6-14(12)29(22,23)24/h3-8H,1-2H3,(H,19,20,21)(H,22,23,24). The zero-order valence-electron chi connectivity index (χ0n) is 14.8. The molecule has 0 heterocycles. The van der Waals surface area contributed by atoms with Gasteiger partial charge in [0.05, 0.1) is 25.3 Å². The monoisotopic (exact) mass is 446 g/mol. The van der Waals surface area contributed by atoms with Gasteiger partial charge in [-0.1, -0.05) is 0 Å². The number of carbonyl (C=O) groups excluding carboxylic acids is 2. The van der Waals surface area contributed by atoms with E-state index in [0.29, 0.717) is 0 Å². The van der Waals surface area contributed by atoms with E-state index in [-0.39, 0.29) is 11.5 Å². The molecule has 0 bridgehead atoms. The molecule has 156 valence electrons. The van der Waals surface area contributed by atoms with Crippen LogP contribution in [0.1, 0.15) is 20.7 Å². The highest BCUT2D eigenvalue weighted by atomic mass is 32.2. The minimum absolute atomic E-state index is 0.0109. The van der Waals surface area contributed by atoms with E-state index in [9.17, 15) is 35.5 Å². The van der Waals surface area contributed by atoms with Gasteiger partial charge in [-0.3, -0.25) is 9.11 Å². The van der Waals surface area contributed by atoms with Crippen molar-refractivity contribution in [3.05, 3.63) is 47.5 Å². The van der Waals surface area contributed by atoms with E-state index in [4.69, 9.17) is 9.47 Å². The molecule has 13 heteroatoms. The van der Waals surface area contributed by atoms with Crippen molar-refractivity contribution in [1.82, 2.24) is 0 Å². The van der Waals surface area contributed by atoms with Crippen LogP contribution in [-0.2, 0) is 25.0 Å². The van der Waals surface area contributed by atoms with Crippen molar-refractivity contribution >= 4 is 32.2 Å². The lowest BCUT2D eigenvalue weighted by Gasteiger charge is -2.11. The largest absolute Gasteiger partial charge is 0.497 e. The first kappa shape index (κ1) is 22.3. The number of ether oxygens (including phenoxy) is 3. The zero-order chi connectivity index (χ0) is 22.0. The maximum atomic E-state index is 12.4. The van der Waals surface area contributed by atoms with Crippen LogP contribution in [0.4, 0.5) is 0 Å². The second-order valence-electron chi connectivity index (χ2n) is 5.35. The molecule has 2 aromatic carbocycles. The molecule has 11 nitrogen and oxygen atoms in total. The number of rotatable bonds is 6. The van der Waals surface area contributed by atoms with E-state index >= 15 is 0 Å². The van der Waals surface area contributed by atoms with Gasteiger partial charge in [0.2, 0.25) is 0 Å². The number of esters is 2. The number of methoxy groups -OCH3 is 2. The fourth-order valence-electron chi connectivity index (χ4n) is 2.24. The summed E-state index contributed by atoms with van der Waals surface area (Å²) >= 11 is 0. The van der Waals surface area contributed by atoms with Crippen molar-refractivity contribution in [3.63, 3.8) is 0 Å². The Kier molecular flexibility index (Phi) is 6.27. The topological polar surface area (TPSA) is 171 Å². The summed E-state index contributed by atoms with van der Waals surface area (Å²) in [4.78, 5) is 23.0. The van der Waals surface area contributed by atoms with Crippen molar-refractivity contribution in [1.29, 1.82) is 0 Å². The molecule has 0 radical (unpaired) electrons. The minimum Gasteiger partial charge on any atom is -0.497 e. The Balaban J connectivity index is 2.51. The molecule has 2 aromatic rings. The van der Waals surface area contributed by atoms with E-state index in [0.717, 1.165) is 36.4 Å². The summed E-state index contributed by atoms with van der Waals surface area (Å²) < 4.78 is 78.7. The molecule has 29 heavy (non-hydrogen) atoms. The third-order valence-corrected chi connectivity index (χ3v) is 5.38. The van der Waals surface area contributed by atoms with Crippen LogP contribution in [0.15, 0.2) is 46.2 Å². The van der Waals surface area contributed by atoms with Gasteiger partial charge in [-0.15, -0.1) is 0 Å². The minimum atomic E-state index is -4.87. The average Bonchev–Trinajstić information content (AvgIpc) is 2.65. The number of hydrogen-bond donors (Lipinski definition) is 2. The summed E-state index contributed by atoms with van der Waals surface area (Å²) in [5.74, 6) is -3.02. The summed E-state index contributed by atoms with van der Waals surface area (Å²) in [5.41, 5.74) is -1.48. The van der Waals surface area contributed by atoms with E-state index in [1.54, 1.807) is 0 Å². The first-order valence-electron chi connectivity index (χ1n) is 7.46. The molecule has 0 spiro atoms. The van der Waals surface area contributed by atoms with Crippen LogP contribution in [0.2, 0.25) is 0 Å². The van der Waals surface area contributed by atoms with Gasteiger partial charge in [0.15, 0.2) is 0 Å². The van der Waals surface area contributed by atoms with Gasteiger partial charge >= 0.3 is 11.9 Å². The third kappa shape index (κ3) is 5.08. The van der Waals surface area contributed by atoms with Gasteiger partial charge in [0, 0.05) is 0 Å². The first-order valence-corrected chi connectivity index (χ1v) is 10.3. The van der Waals surface area contributed by atoms with Gasteiger partial charge in [0.25, 0.3) is 20.2 Å². The molecule has 0 fully saturated rings. The second kappa shape index (κ2) is 8.16. The average molecular weight is 446 g/mol. The third-order valence-electron chi connectivity index (χ3n) is 3.55. The van der Waals surface area contributed by atoms with Crippen LogP contribution >= 0.6 is 0 Å². The fraction of sp³-hybridized carbons (Fsp3) is 0.125. The molecule has 0 aliphatic rings. The summed E-state index contributed by atoms with van der Waals surface area (Å²) in [7, 11) is -7.30. The summed E-state index contributed by atoms with van der Waals surface area (Å²) in [6, 6.07) is 5.77. The van der Waals surface area contributed by atoms with Crippen LogP contribution in [0.5, 0.6) is 11.5 Å². The molecule has 0 atom stereocenters. The smallest absolute Gasteiger partial charge is 0.347 e. The van der Waals surface area contributed by atoms with Crippen LogP contribution in [0.25, 0.3) is 0 Å². The Bertz CT molecular complexity index is 1090. The van der Waals surface area contributed by atoms with Crippen molar-refractivity contribution in [2.24, 2.45) is 0 Å². The van der Waals surface area contributed by atoms with Gasteiger partial charge in [0.1, 0.15) is 21.3 Å². The number of benzene rings is 2. The van der Waals surface area contributed by atoms with E-state index in [1.807, 2.05) is 0 Å². The van der Waals surface area contributed by atoms with Crippen molar-refractivity contribution in [3.8, 4) is 11.5 Å². The Morgan fingerprint density at radius 2 is 1.07 bits per heavy atom. The predicted octanol–water partition coefficient (Wildman–Crippen LogP) is 1.19. The summed E-state index contributed by atoms with van der Waals surface area (Å²) in [6.07, 6.45) is 0. The lowest BCUT2D eigenvalue weighted by molar-refractivity contribution is 0.0391. The molecule has 0 saturated carbocycles. The number of carbonyl (C=O) groups is 2. The van der Waals surface area contributed by atoms with Gasteiger partial charge < -0.3 is 14.2 Å². The molecule has 0 amide bonds. The molecule has 0 saturated heterocycles. The van der Waals surface area contributed by atoms with Crippen LogP contribution in [0, 0.1) is 0 Å². The van der Waals surface area contributed by atoms with Crippen molar-refractivity contribution in [2.45, 2.75) is 9.79 Å². The van der Waals surface area contributed by atoms with E-state index in [2.05, 4.69) is 4.74 Å². The first-order chi connectivity index (χ1) is 13.4. The fourth-order valence-corrected chi connectivity index (χ4v) is 3.56. The molecule has 0 unspecified atom stereocenters. The Morgan fingerprint density at radius 1 is 0.724 bits per heavy atom. The Hall–Kier alpha value is -3.00. The molecule has 2 rings (SSSR count). The second-order valence-corrected chi connectivity index (χ2v) is 8.13. The molecular formula is C16H14O11S2. The van der Waals surface area contributed by atoms with Crippen LogP contribution in [0.3, 0.4) is 0 Å². The lowest BCUT2D eigenvalue weighted by atomic mass is 10.2. The number of hydrogen-bond acceptors (Lipinski definition) is 9. The van der Waals surface area contributed by atoms with E-state index in [1.165, 1.54) is 14.2 Å². The molecule has 0 aliphatic heterocycles. The SMILES string of the molecule is COc1ccc(S(=O)(=O)O)c(C(=O)OC(=O)c2cc(OC)ccc2S(=O)(=O)O)c1. The van der Waals surface area contributed by atoms with Gasteiger partial charge in [-0.25, -0.2) is 9.59 Å². The van der Waals surface area contributed by atoms with E-state index < -0.39 is 53.1 Å². The molecular weight excluding hydrogens is 432 g/mol.